The van der Waals surface area contributed by atoms with Crippen molar-refractivity contribution in [3.8, 4) is 11.5 Å². The fraction of sp³-hybridized carbons (Fsp3) is 0.0588. The Balaban J connectivity index is 1.70. The lowest BCUT2D eigenvalue weighted by molar-refractivity contribution is -0.129. The summed E-state index contributed by atoms with van der Waals surface area (Å²) in [6, 6.07) is 10.7. The number of hydrogen-bond donors (Lipinski definition) is 0. The van der Waals surface area contributed by atoms with Crippen LogP contribution in [0.2, 0.25) is 5.02 Å². The van der Waals surface area contributed by atoms with Crippen LogP contribution in [-0.2, 0) is 9.53 Å². The summed E-state index contributed by atoms with van der Waals surface area (Å²) in [7, 11) is 0. The van der Waals surface area contributed by atoms with Crippen molar-refractivity contribution in [1.29, 1.82) is 0 Å². The first-order valence-electron chi connectivity index (χ1n) is 6.98. The maximum atomic E-state index is 12.1. The van der Waals surface area contributed by atoms with E-state index in [0.717, 1.165) is 4.47 Å². The molecule has 0 atom stereocenters. The van der Waals surface area contributed by atoms with Crippen molar-refractivity contribution in [2.75, 3.05) is 6.79 Å². The highest BCUT2D eigenvalue weighted by molar-refractivity contribution is 9.10. The van der Waals surface area contributed by atoms with Crippen LogP contribution in [0.15, 0.2) is 51.6 Å². The number of carbonyl (C=O) groups excluding carboxylic acids is 1. The number of carbonyl (C=O) groups is 1. The topological polar surface area (TPSA) is 57.1 Å². The van der Waals surface area contributed by atoms with Gasteiger partial charge in [0.05, 0.1) is 5.02 Å². The first kappa shape index (κ1) is 15.2. The highest BCUT2D eigenvalue weighted by atomic mass is 79.9. The van der Waals surface area contributed by atoms with Crippen LogP contribution in [0, 0.1) is 0 Å². The molecular formula is C17H9BrClNO4. The zero-order valence-corrected chi connectivity index (χ0v) is 14.4. The molecule has 2 aliphatic heterocycles. The Morgan fingerprint density at radius 2 is 1.83 bits per heavy atom. The van der Waals surface area contributed by atoms with Crippen LogP contribution in [0.25, 0.3) is 6.08 Å². The Kier molecular flexibility index (Phi) is 3.78. The number of ether oxygens (including phenoxy) is 3. The summed E-state index contributed by atoms with van der Waals surface area (Å²) < 4.78 is 16.7. The van der Waals surface area contributed by atoms with Crippen molar-refractivity contribution in [2.45, 2.75) is 0 Å². The number of halogens is 2. The van der Waals surface area contributed by atoms with Gasteiger partial charge in [-0.3, -0.25) is 0 Å². The van der Waals surface area contributed by atoms with Gasteiger partial charge in [-0.1, -0.05) is 27.5 Å². The van der Waals surface area contributed by atoms with Gasteiger partial charge in [0.25, 0.3) is 0 Å². The summed E-state index contributed by atoms with van der Waals surface area (Å²) >= 11 is 9.58. The lowest BCUT2D eigenvalue weighted by Crippen LogP contribution is -2.05. The van der Waals surface area contributed by atoms with Crippen LogP contribution in [0.1, 0.15) is 11.1 Å². The van der Waals surface area contributed by atoms with Crippen molar-refractivity contribution in [3.05, 3.63) is 62.7 Å². The van der Waals surface area contributed by atoms with Gasteiger partial charge < -0.3 is 14.2 Å². The Bertz CT molecular complexity index is 906. The van der Waals surface area contributed by atoms with Crippen LogP contribution in [-0.4, -0.2) is 18.7 Å². The molecular weight excluding hydrogens is 398 g/mol. The molecule has 0 unspecified atom stereocenters. The van der Waals surface area contributed by atoms with Gasteiger partial charge in [0.15, 0.2) is 17.2 Å². The van der Waals surface area contributed by atoms with E-state index in [1.807, 2.05) is 24.3 Å². The zero-order valence-electron chi connectivity index (χ0n) is 12.1. The Hall–Kier alpha value is -2.31. The van der Waals surface area contributed by atoms with Crippen molar-refractivity contribution in [3.63, 3.8) is 0 Å². The fourth-order valence-electron chi connectivity index (χ4n) is 2.32. The molecule has 5 nitrogen and oxygen atoms in total. The number of rotatable bonds is 2. The smallest absolute Gasteiger partial charge is 0.363 e. The molecule has 0 bridgehead atoms. The molecule has 0 N–H and O–H groups in total. The summed E-state index contributed by atoms with van der Waals surface area (Å²) in [5.41, 5.74) is 1.49. The number of fused-ring (bicyclic) bond motifs is 1. The molecule has 0 amide bonds. The van der Waals surface area contributed by atoms with Crippen LogP contribution < -0.4 is 9.47 Å². The first-order valence-corrected chi connectivity index (χ1v) is 8.15. The fourth-order valence-corrected chi connectivity index (χ4v) is 2.79. The van der Waals surface area contributed by atoms with Crippen LogP contribution >= 0.6 is 27.5 Å². The molecule has 0 radical (unpaired) electrons. The normalized spacial score (nSPS) is 17.2. The van der Waals surface area contributed by atoms with Crippen LogP contribution in [0.3, 0.4) is 0 Å². The second-order valence-electron chi connectivity index (χ2n) is 5.07. The van der Waals surface area contributed by atoms with Gasteiger partial charge in [0.2, 0.25) is 12.7 Å². The second kappa shape index (κ2) is 5.96. The summed E-state index contributed by atoms with van der Waals surface area (Å²) in [4.78, 5) is 16.3. The molecule has 0 spiro atoms. The van der Waals surface area contributed by atoms with Crippen molar-refractivity contribution in [2.24, 2.45) is 4.99 Å². The van der Waals surface area contributed by atoms with Crippen molar-refractivity contribution < 1.29 is 19.0 Å². The molecule has 2 aliphatic rings. The standard InChI is InChI=1S/C17H9BrClNO4/c18-11-3-1-9(2-4-11)16-20-13(17(21)24-16)5-10-6-14-15(7-12(10)19)23-8-22-14/h1-7H,8H2. The Labute approximate surface area is 150 Å². The van der Waals surface area contributed by atoms with Gasteiger partial charge in [0, 0.05) is 16.1 Å². The van der Waals surface area contributed by atoms with Gasteiger partial charge in [0.1, 0.15) is 0 Å². The van der Waals surface area contributed by atoms with E-state index in [1.54, 1.807) is 18.2 Å². The average molecular weight is 407 g/mol. The summed E-state index contributed by atoms with van der Waals surface area (Å²) in [6.07, 6.45) is 1.57. The second-order valence-corrected chi connectivity index (χ2v) is 6.39. The minimum absolute atomic E-state index is 0.152. The lowest BCUT2D eigenvalue weighted by atomic mass is 10.1. The first-order chi connectivity index (χ1) is 11.6. The predicted octanol–water partition coefficient (Wildman–Crippen LogP) is 4.18. The minimum atomic E-state index is -0.526. The summed E-state index contributed by atoms with van der Waals surface area (Å²) in [5.74, 6) is 0.891. The van der Waals surface area contributed by atoms with E-state index in [9.17, 15) is 4.79 Å². The zero-order chi connectivity index (χ0) is 16.7. The van der Waals surface area contributed by atoms with Crippen LogP contribution in [0.4, 0.5) is 0 Å². The number of aliphatic imine (C=N–C) groups is 1. The molecule has 4 rings (SSSR count). The molecule has 0 aliphatic carbocycles. The Morgan fingerprint density at radius 1 is 1.12 bits per heavy atom. The van der Waals surface area contributed by atoms with Gasteiger partial charge in [-0.25, -0.2) is 9.79 Å². The molecule has 120 valence electrons. The number of hydrogen-bond acceptors (Lipinski definition) is 5. The van der Waals surface area contributed by atoms with E-state index < -0.39 is 5.97 Å². The predicted molar refractivity (Wildman–Crippen MR) is 92.3 cm³/mol. The van der Waals surface area contributed by atoms with Crippen molar-refractivity contribution >= 4 is 45.5 Å². The summed E-state index contributed by atoms with van der Waals surface area (Å²) in [6.45, 7) is 0.152. The number of cyclic esters (lactones) is 1. The molecule has 2 heterocycles. The Morgan fingerprint density at radius 3 is 2.58 bits per heavy atom. The maximum Gasteiger partial charge on any atom is 0.363 e. The highest BCUT2D eigenvalue weighted by Gasteiger charge is 2.25. The third kappa shape index (κ3) is 2.79. The minimum Gasteiger partial charge on any atom is -0.454 e. The third-order valence-electron chi connectivity index (χ3n) is 3.50. The number of benzene rings is 2. The van der Waals surface area contributed by atoms with E-state index in [-0.39, 0.29) is 18.4 Å². The van der Waals surface area contributed by atoms with Crippen LogP contribution in [0.5, 0.6) is 11.5 Å². The van der Waals surface area contributed by atoms with E-state index >= 15 is 0 Å². The quantitative estimate of drug-likeness (QED) is 0.555. The third-order valence-corrected chi connectivity index (χ3v) is 4.35. The summed E-state index contributed by atoms with van der Waals surface area (Å²) in [5, 5.41) is 0.437. The van der Waals surface area contributed by atoms with E-state index in [0.29, 0.717) is 27.6 Å². The molecule has 2 aromatic rings. The molecule has 7 heteroatoms. The van der Waals surface area contributed by atoms with Crippen molar-refractivity contribution in [1.82, 2.24) is 0 Å². The monoisotopic (exact) mass is 405 g/mol. The van der Waals surface area contributed by atoms with E-state index in [4.69, 9.17) is 25.8 Å². The largest absolute Gasteiger partial charge is 0.454 e. The number of nitrogens with zero attached hydrogens (tertiary/aromatic N) is 1. The number of esters is 1. The SMILES string of the molecule is O=C1OC(c2ccc(Br)cc2)=NC1=Cc1cc2c(cc1Cl)OCO2. The molecule has 0 saturated heterocycles. The van der Waals surface area contributed by atoms with E-state index in [1.165, 1.54) is 0 Å². The van der Waals surface area contributed by atoms with Gasteiger partial charge in [-0.15, -0.1) is 0 Å². The molecule has 2 aromatic carbocycles. The molecule has 24 heavy (non-hydrogen) atoms. The van der Waals surface area contributed by atoms with Gasteiger partial charge in [-0.2, -0.15) is 0 Å². The molecule has 0 aromatic heterocycles. The molecule has 0 saturated carbocycles. The highest BCUT2D eigenvalue weighted by Crippen LogP contribution is 2.38. The molecule has 0 fully saturated rings. The maximum absolute atomic E-state index is 12.1. The lowest BCUT2D eigenvalue weighted by Gasteiger charge is -2.01. The van der Waals surface area contributed by atoms with Gasteiger partial charge >= 0.3 is 5.97 Å². The average Bonchev–Trinajstić information content (AvgIpc) is 3.15. The van der Waals surface area contributed by atoms with E-state index in [2.05, 4.69) is 20.9 Å². The van der Waals surface area contributed by atoms with Gasteiger partial charge in [-0.05, 0) is 42.0 Å².